The molecular formula is C20H18N2O2. The number of amides is 2. The Morgan fingerprint density at radius 2 is 1.62 bits per heavy atom. The van der Waals surface area contributed by atoms with Gasteiger partial charge in [0.1, 0.15) is 0 Å². The lowest BCUT2D eigenvalue weighted by molar-refractivity contribution is -0.129. The molecule has 4 heteroatoms. The summed E-state index contributed by atoms with van der Waals surface area (Å²) in [6.07, 6.45) is 7.04. The Bertz CT molecular complexity index is 868. The van der Waals surface area contributed by atoms with Crippen molar-refractivity contribution < 1.29 is 9.59 Å². The smallest absolute Gasteiger partial charge is 0.238 e. The van der Waals surface area contributed by atoms with Crippen LogP contribution in [0.4, 0.5) is 5.69 Å². The van der Waals surface area contributed by atoms with Crippen LogP contribution in [0.1, 0.15) is 19.3 Å². The molecule has 0 spiro atoms. The van der Waals surface area contributed by atoms with Gasteiger partial charge in [0.15, 0.2) is 0 Å². The summed E-state index contributed by atoms with van der Waals surface area (Å²) < 4.78 is 0. The van der Waals surface area contributed by atoms with Crippen LogP contribution in [0.5, 0.6) is 0 Å². The number of aromatic nitrogens is 1. The Labute approximate surface area is 139 Å². The fraction of sp³-hybridized carbons (Fsp3) is 0.450. The van der Waals surface area contributed by atoms with Crippen LogP contribution in [0, 0.1) is 35.5 Å². The quantitative estimate of drug-likeness (QED) is 0.760. The lowest BCUT2D eigenvalue weighted by Crippen LogP contribution is -2.43. The van der Waals surface area contributed by atoms with Gasteiger partial charge in [-0.25, -0.2) is 4.90 Å². The van der Waals surface area contributed by atoms with Crippen molar-refractivity contribution in [3.05, 3.63) is 36.7 Å². The molecule has 2 amide bonds. The maximum absolute atomic E-state index is 13.2. The normalized spacial score (nSPS) is 39.2. The highest BCUT2D eigenvalue weighted by atomic mass is 16.2. The summed E-state index contributed by atoms with van der Waals surface area (Å²) in [7, 11) is 0. The SMILES string of the molecule is O=C1[C@@H]2[C@@H]3CC[C@@H]([C@@H]4C[C@@H]43)[C@@H]2C(=O)N1c1cccc2cnccc12. The molecule has 0 N–H and O–H groups in total. The highest BCUT2D eigenvalue weighted by Gasteiger charge is 2.68. The molecule has 2 heterocycles. The van der Waals surface area contributed by atoms with E-state index in [0.29, 0.717) is 11.8 Å². The van der Waals surface area contributed by atoms with E-state index in [-0.39, 0.29) is 23.7 Å². The molecule has 1 aromatic heterocycles. The zero-order chi connectivity index (χ0) is 16.0. The van der Waals surface area contributed by atoms with E-state index in [9.17, 15) is 9.59 Å². The van der Waals surface area contributed by atoms with Crippen LogP contribution in [-0.2, 0) is 9.59 Å². The lowest BCUT2D eigenvalue weighted by Gasteiger charge is -2.42. The first-order valence-electron chi connectivity index (χ1n) is 8.96. The third-order valence-corrected chi connectivity index (χ3v) is 7.04. The number of benzene rings is 1. The number of hydrogen-bond acceptors (Lipinski definition) is 3. The molecule has 7 rings (SSSR count). The Balaban J connectivity index is 1.51. The first-order valence-corrected chi connectivity index (χ1v) is 8.96. The molecule has 0 unspecified atom stereocenters. The van der Waals surface area contributed by atoms with Gasteiger partial charge in [0.2, 0.25) is 11.8 Å². The third kappa shape index (κ3) is 1.43. The maximum Gasteiger partial charge on any atom is 0.238 e. The van der Waals surface area contributed by atoms with Crippen LogP contribution in [-0.4, -0.2) is 16.8 Å². The Hall–Kier alpha value is -2.23. The minimum absolute atomic E-state index is 0.0503. The number of nitrogens with zero attached hydrogens (tertiary/aromatic N) is 2. The standard InChI is InChI=1S/C20H18N2O2/c23-19-17-12-4-5-13(15-8-14(12)15)18(17)20(24)22(19)16-3-1-2-10-9-21-7-6-11(10)16/h1-3,6-7,9,12-15,17-18H,4-5,8H2/t12-,13+,14-,15+,17-,18+. The molecule has 5 aliphatic rings. The number of pyridine rings is 1. The second-order valence-corrected chi connectivity index (χ2v) is 7.91. The van der Waals surface area contributed by atoms with E-state index in [1.165, 1.54) is 11.3 Å². The average Bonchev–Trinajstić information content (AvgIpc) is 3.39. The highest BCUT2D eigenvalue weighted by Crippen LogP contribution is 2.68. The second kappa shape index (κ2) is 4.24. The molecule has 120 valence electrons. The van der Waals surface area contributed by atoms with Gasteiger partial charge in [0.05, 0.1) is 17.5 Å². The summed E-state index contributed by atoms with van der Waals surface area (Å²) in [5, 5.41) is 1.90. The van der Waals surface area contributed by atoms with Crippen LogP contribution >= 0.6 is 0 Å². The van der Waals surface area contributed by atoms with E-state index in [4.69, 9.17) is 0 Å². The van der Waals surface area contributed by atoms with Gasteiger partial charge in [-0.2, -0.15) is 0 Å². The molecule has 0 radical (unpaired) electrons. The Morgan fingerprint density at radius 3 is 2.33 bits per heavy atom. The lowest BCUT2D eigenvalue weighted by atomic mass is 9.59. The van der Waals surface area contributed by atoms with Gasteiger partial charge >= 0.3 is 0 Å². The van der Waals surface area contributed by atoms with Crippen molar-refractivity contribution in [2.24, 2.45) is 35.5 Å². The zero-order valence-corrected chi connectivity index (χ0v) is 13.3. The van der Waals surface area contributed by atoms with E-state index < -0.39 is 0 Å². The minimum atomic E-state index is -0.0582. The second-order valence-electron chi connectivity index (χ2n) is 7.91. The topological polar surface area (TPSA) is 50.3 Å². The molecule has 2 aromatic rings. The van der Waals surface area contributed by atoms with Crippen molar-refractivity contribution in [2.75, 3.05) is 4.90 Å². The number of rotatable bonds is 1. The van der Waals surface area contributed by atoms with Crippen molar-refractivity contribution >= 4 is 28.3 Å². The number of imide groups is 1. The molecule has 1 saturated heterocycles. The van der Waals surface area contributed by atoms with Crippen molar-refractivity contribution in [1.29, 1.82) is 0 Å². The van der Waals surface area contributed by atoms with Crippen LogP contribution < -0.4 is 4.90 Å². The highest BCUT2D eigenvalue weighted by molar-refractivity contribution is 6.25. The molecule has 4 nitrogen and oxygen atoms in total. The van der Waals surface area contributed by atoms with E-state index in [1.807, 2.05) is 24.3 Å². The van der Waals surface area contributed by atoms with Crippen molar-refractivity contribution in [3.8, 4) is 0 Å². The van der Waals surface area contributed by atoms with Gasteiger partial charge in [-0.3, -0.25) is 14.6 Å². The third-order valence-electron chi connectivity index (χ3n) is 7.04. The number of carbonyl (C=O) groups excluding carboxylic acids is 2. The Morgan fingerprint density at radius 1 is 0.917 bits per heavy atom. The summed E-state index contributed by atoms with van der Waals surface area (Å²) in [6, 6.07) is 7.69. The summed E-state index contributed by atoms with van der Waals surface area (Å²) in [5.41, 5.74) is 0.743. The minimum Gasteiger partial charge on any atom is -0.274 e. The van der Waals surface area contributed by atoms with Gasteiger partial charge in [0.25, 0.3) is 0 Å². The molecule has 4 saturated carbocycles. The number of anilines is 1. The van der Waals surface area contributed by atoms with Crippen LogP contribution in [0.25, 0.3) is 10.8 Å². The molecule has 1 aromatic carbocycles. The molecule has 4 aliphatic carbocycles. The van der Waals surface area contributed by atoms with E-state index in [0.717, 1.165) is 41.1 Å². The average molecular weight is 318 g/mol. The van der Waals surface area contributed by atoms with Gasteiger partial charge in [-0.1, -0.05) is 12.1 Å². The predicted octanol–water partition coefficient (Wildman–Crippen LogP) is 3.02. The largest absolute Gasteiger partial charge is 0.274 e. The van der Waals surface area contributed by atoms with Crippen LogP contribution in [0.15, 0.2) is 36.7 Å². The molecule has 5 fully saturated rings. The molecule has 1 aliphatic heterocycles. The van der Waals surface area contributed by atoms with E-state index >= 15 is 0 Å². The summed E-state index contributed by atoms with van der Waals surface area (Å²) in [4.78, 5) is 32.1. The fourth-order valence-corrected chi connectivity index (χ4v) is 6.08. The van der Waals surface area contributed by atoms with Crippen molar-refractivity contribution in [3.63, 3.8) is 0 Å². The van der Waals surface area contributed by atoms with Crippen molar-refractivity contribution in [1.82, 2.24) is 4.98 Å². The van der Waals surface area contributed by atoms with Gasteiger partial charge in [-0.15, -0.1) is 0 Å². The zero-order valence-electron chi connectivity index (χ0n) is 13.3. The molecule has 2 bridgehead atoms. The first kappa shape index (κ1) is 13.1. The van der Waals surface area contributed by atoms with Crippen LogP contribution in [0.3, 0.4) is 0 Å². The fourth-order valence-electron chi connectivity index (χ4n) is 6.08. The predicted molar refractivity (Wildman–Crippen MR) is 89.0 cm³/mol. The molecular weight excluding hydrogens is 300 g/mol. The van der Waals surface area contributed by atoms with E-state index in [1.54, 1.807) is 12.4 Å². The van der Waals surface area contributed by atoms with Gasteiger partial charge in [0, 0.05) is 23.2 Å². The van der Waals surface area contributed by atoms with E-state index in [2.05, 4.69) is 4.98 Å². The van der Waals surface area contributed by atoms with Crippen LogP contribution in [0.2, 0.25) is 0 Å². The molecule has 24 heavy (non-hydrogen) atoms. The van der Waals surface area contributed by atoms with Crippen molar-refractivity contribution in [2.45, 2.75) is 19.3 Å². The summed E-state index contributed by atoms with van der Waals surface area (Å²) in [6.45, 7) is 0. The first-order chi connectivity index (χ1) is 11.8. The molecule has 6 atom stereocenters. The maximum atomic E-state index is 13.2. The number of hydrogen-bond donors (Lipinski definition) is 0. The summed E-state index contributed by atoms with van der Waals surface area (Å²) >= 11 is 0. The summed E-state index contributed by atoms with van der Waals surface area (Å²) in [5.74, 6) is 2.32. The van der Waals surface area contributed by atoms with Gasteiger partial charge < -0.3 is 0 Å². The monoisotopic (exact) mass is 318 g/mol. The van der Waals surface area contributed by atoms with Gasteiger partial charge in [-0.05, 0) is 55.1 Å². The Kier molecular flexibility index (Phi) is 2.31. The number of carbonyl (C=O) groups is 2. The number of fused-ring (bicyclic) bond motifs is 2.